The highest BCUT2D eigenvalue weighted by atomic mass is 79.9. The minimum absolute atomic E-state index is 0. The lowest BCUT2D eigenvalue weighted by molar-refractivity contribution is 0.0996. The highest BCUT2D eigenvalue weighted by Crippen LogP contribution is 2.10. The number of halogens is 1. The van der Waals surface area contributed by atoms with Crippen LogP contribution in [0.4, 0.5) is 0 Å². The maximum absolute atomic E-state index is 10.8. The van der Waals surface area contributed by atoms with Gasteiger partial charge in [0, 0.05) is 5.39 Å². The molecular weight excluding hydrogens is 244 g/mol. The molecule has 0 bridgehead atoms. The van der Waals surface area contributed by atoms with E-state index in [0.29, 0.717) is 5.69 Å². The van der Waals surface area contributed by atoms with E-state index in [2.05, 4.69) is 4.98 Å². The van der Waals surface area contributed by atoms with Gasteiger partial charge in [-0.2, -0.15) is 0 Å². The number of pyridine rings is 1. The molecule has 1 aromatic carbocycles. The molecule has 0 aliphatic rings. The van der Waals surface area contributed by atoms with Gasteiger partial charge in [0.15, 0.2) is 0 Å². The summed E-state index contributed by atoms with van der Waals surface area (Å²) in [5, 5.41) is 1.01. The van der Waals surface area contributed by atoms with Crippen LogP contribution in [0.5, 0.6) is 0 Å². The van der Waals surface area contributed by atoms with Crippen molar-refractivity contribution < 1.29 is 4.79 Å². The number of amides is 1. The first-order chi connectivity index (χ1) is 6.27. The Morgan fingerprint density at radius 1 is 1.14 bits per heavy atom. The van der Waals surface area contributed by atoms with E-state index in [-0.39, 0.29) is 17.0 Å². The van der Waals surface area contributed by atoms with Gasteiger partial charge in [-0.25, -0.2) is 4.98 Å². The van der Waals surface area contributed by atoms with Crippen molar-refractivity contribution in [2.75, 3.05) is 0 Å². The summed E-state index contributed by atoms with van der Waals surface area (Å²) in [6.07, 6.45) is 0. The number of primary amides is 1. The Labute approximate surface area is 91.7 Å². The molecule has 1 amide bonds. The second kappa shape index (κ2) is 4.19. The van der Waals surface area contributed by atoms with Gasteiger partial charge in [-0.15, -0.1) is 17.0 Å². The third kappa shape index (κ3) is 1.90. The Morgan fingerprint density at radius 3 is 2.57 bits per heavy atom. The number of benzene rings is 1. The number of carbonyl (C=O) groups is 1. The summed E-state index contributed by atoms with van der Waals surface area (Å²) in [6, 6.07) is 11.1. The summed E-state index contributed by atoms with van der Waals surface area (Å²) in [5.74, 6) is -0.495. The minimum atomic E-state index is -0.495. The maximum Gasteiger partial charge on any atom is 0.267 e. The van der Waals surface area contributed by atoms with E-state index in [1.807, 2.05) is 30.3 Å². The predicted molar refractivity (Wildman–Crippen MR) is 60.6 cm³/mol. The van der Waals surface area contributed by atoms with Gasteiger partial charge in [-0.3, -0.25) is 4.79 Å². The maximum atomic E-state index is 10.8. The van der Waals surface area contributed by atoms with Crippen LogP contribution in [0.3, 0.4) is 0 Å². The molecule has 2 aromatic rings. The zero-order valence-electron chi connectivity index (χ0n) is 7.31. The molecule has 2 rings (SSSR count). The van der Waals surface area contributed by atoms with Gasteiger partial charge in [-0.1, -0.05) is 24.3 Å². The molecule has 0 aliphatic carbocycles. The van der Waals surface area contributed by atoms with Crippen molar-refractivity contribution in [3.63, 3.8) is 0 Å². The number of aromatic nitrogens is 1. The van der Waals surface area contributed by atoms with E-state index in [1.165, 1.54) is 0 Å². The molecular formula is C10H9BrN2O. The Kier molecular flexibility index (Phi) is 3.19. The van der Waals surface area contributed by atoms with Crippen LogP contribution in [-0.2, 0) is 0 Å². The lowest BCUT2D eigenvalue weighted by Crippen LogP contribution is -2.12. The molecule has 72 valence electrons. The van der Waals surface area contributed by atoms with Crippen LogP contribution >= 0.6 is 17.0 Å². The average Bonchev–Trinajstić information content (AvgIpc) is 2.17. The standard InChI is InChI=1S/C10H8N2O.BrH/c11-10(13)9-6-5-7-3-1-2-4-8(7)12-9;/h1-6H,(H2,11,13);1H. The minimum Gasteiger partial charge on any atom is -0.364 e. The summed E-state index contributed by atoms with van der Waals surface area (Å²) in [4.78, 5) is 14.9. The quantitative estimate of drug-likeness (QED) is 0.843. The van der Waals surface area contributed by atoms with E-state index in [1.54, 1.807) is 6.07 Å². The zero-order chi connectivity index (χ0) is 9.26. The van der Waals surface area contributed by atoms with Crippen molar-refractivity contribution in [3.05, 3.63) is 42.1 Å². The van der Waals surface area contributed by atoms with Crippen LogP contribution in [0.1, 0.15) is 10.5 Å². The van der Waals surface area contributed by atoms with E-state index in [9.17, 15) is 4.79 Å². The molecule has 4 heteroatoms. The van der Waals surface area contributed by atoms with Crippen LogP contribution in [0.15, 0.2) is 36.4 Å². The number of para-hydroxylation sites is 1. The molecule has 2 N–H and O–H groups in total. The summed E-state index contributed by atoms with van der Waals surface area (Å²) in [6.45, 7) is 0. The molecule has 0 unspecified atom stereocenters. The molecule has 0 aliphatic heterocycles. The average molecular weight is 253 g/mol. The molecule has 14 heavy (non-hydrogen) atoms. The van der Waals surface area contributed by atoms with Gasteiger partial charge in [0.2, 0.25) is 0 Å². The number of fused-ring (bicyclic) bond motifs is 1. The molecule has 3 nitrogen and oxygen atoms in total. The van der Waals surface area contributed by atoms with Crippen molar-refractivity contribution in [2.45, 2.75) is 0 Å². The summed E-state index contributed by atoms with van der Waals surface area (Å²) >= 11 is 0. The first-order valence-corrected chi connectivity index (χ1v) is 3.93. The topological polar surface area (TPSA) is 56.0 Å². The first-order valence-electron chi connectivity index (χ1n) is 3.93. The largest absolute Gasteiger partial charge is 0.364 e. The molecule has 0 radical (unpaired) electrons. The summed E-state index contributed by atoms with van der Waals surface area (Å²) in [7, 11) is 0. The van der Waals surface area contributed by atoms with Gasteiger partial charge in [0.1, 0.15) is 5.69 Å². The second-order valence-corrected chi connectivity index (χ2v) is 2.75. The number of hydrogen-bond acceptors (Lipinski definition) is 2. The van der Waals surface area contributed by atoms with E-state index in [4.69, 9.17) is 5.73 Å². The van der Waals surface area contributed by atoms with Gasteiger partial charge in [0.25, 0.3) is 5.91 Å². The number of nitrogens with zero attached hydrogens (tertiary/aromatic N) is 1. The van der Waals surface area contributed by atoms with E-state index >= 15 is 0 Å². The van der Waals surface area contributed by atoms with Crippen molar-refractivity contribution in [1.29, 1.82) is 0 Å². The fourth-order valence-corrected chi connectivity index (χ4v) is 1.20. The van der Waals surface area contributed by atoms with E-state index in [0.717, 1.165) is 10.9 Å². The second-order valence-electron chi connectivity index (χ2n) is 2.75. The fourth-order valence-electron chi connectivity index (χ4n) is 1.20. The van der Waals surface area contributed by atoms with Crippen LogP contribution < -0.4 is 5.73 Å². The van der Waals surface area contributed by atoms with Crippen LogP contribution in [0, 0.1) is 0 Å². The van der Waals surface area contributed by atoms with Crippen molar-refractivity contribution in [1.82, 2.24) is 4.98 Å². The molecule has 1 aromatic heterocycles. The monoisotopic (exact) mass is 252 g/mol. The zero-order valence-corrected chi connectivity index (χ0v) is 9.02. The van der Waals surface area contributed by atoms with Crippen LogP contribution in [0.2, 0.25) is 0 Å². The van der Waals surface area contributed by atoms with Crippen molar-refractivity contribution in [3.8, 4) is 0 Å². The van der Waals surface area contributed by atoms with Crippen molar-refractivity contribution >= 4 is 33.8 Å². The normalized spacial score (nSPS) is 9.43. The molecule has 0 saturated heterocycles. The Balaban J connectivity index is 0.000000980. The smallest absolute Gasteiger partial charge is 0.267 e. The highest BCUT2D eigenvalue weighted by Gasteiger charge is 2.01. The summed E-state index contributed by atoms with van der Waals surface area (Å²) < 4.78 is 0. The van der Waals surface area contributed by atoms with Crippen LogP contribution in [0.25, 0.3) is 10.9 Å². The Bertz CT molecular complexity index is 470. The van der Waals surface area contributed by atoms with Gasteiger partial charge in [-0.05, 0) is 12.1 Å². The lowest BCUT2D eigenvalue weighted by atomic mass is 10.2. The Hall–Kier alpha value is -1.42. The lowest BCUT2D eigenvalue weighted by Gasteiger charge is -1.97. The fraction of sp³-hybridized carbons (Fsp3) is 0. The molecule has 0 fully saturated rings. The third-order valence-corrected chi connectivity index (χ3v) is 1.85. The van der Waals surface area contributed by atoms with Gasteiger partial charge in [0.05, 0.1) is 5.52 Å². The molecule has 0 saturated carbocycles. The number of nitrogens with two attached hydrogens (primary N) is 1. The number of hydrogen-bond donors (Lipinski definition) is 1. The predicted octanol–water partition coefficient (Wildman–Crippen LogP) is 1.91. The number of rotatable bonds is 1. The highest BCUT2D eigenvalue weighted by molar-refractivity contribution is 8.93. The van der Waals surface area contributed by atoms with Gasteiger partial charge >= 0.3 is 0 Å². The summed E-state index contributed by atoms with van der Waals surface area (Å²) in [5.41, 5.74) is 6.20. The molecule has 1 heterocycles. The SMILES string of the molecule is Br.NC(=O)c1ccc2ccccc2n1. The van der Waals surface area contributed by atoms with Gasteiger partial charge < -0.3 is 5.73 Å². The third-order valence-electron chi connectivity index (χ3n) is 1.85. The molecule has 0 atom stereocenters. The Morgan fingerprint density at radius 2 is 1.86 bits per heavy atom. The van der Waals surface area contributed by atoms with Crippen molar-refractivity contribution in [2.24, 2.45) is 5.73 Å². The number of carbonyl (C=O) groups excluding carboxylic acids is 1. The first kappa shape index (κ1) is 10.7. The van der Waals surface area contributed by atoms with E-state index < -0.39 is 5.91 Å². The van der Waals surface area contributed by atoms with Crippen LogP contribution in [-0.4, -0.2) is 10.9 Å². The molecule has 0 spiro atoms.